The molecule has 0 atom stereocenters. The van der Waals surface area contributed by atoms with Gasteiger partial charge in [-0.25, -0.2) is 9.78 Å². The first-order chi connectivity index (χ1) is 13.1. The van der Waals surface area contributed by atoms with E-state index >= 15 is 0 Å². The summed E-state index contributed by atoms with van der Waals surface area (Å²) in [4.78, 5) is 20.3. The minimum absolute atomic E-state index is 0.393. The van der Waals surface area contributed by atoms with Crippen molar-refractivity contribution in [3.05, 3.63) is 71.4 Å². The van der Waals surface area contributed by atoms with Gasteiger partial charge in [0, 0.05) is 17.4 Å². The molecule has 0 saturated carbocycles. The first-order valence-corrected chi connectivity index (χ1v) is 8.16. The third-order valence-corrected chi connectivity index (χ3v) is 3.73. The number of nitriles is 1. The van der Waals surface area contributed by atoms with E-state index in [1.54, 1.807) is 42.5 Å². The van der Waals surface area contributed by atoms with Crippen LogP contribution in [-0.2, 0) is 4.74 Å². The molecule has 3 rings (SSSR count). The van der Waals surface area contributed by atoms with Gasteiger partial charge in [-0.3, -0.25) is 0 Å². The van der Waals surface area contributed by atoms with Crippen molar-refractivity contribution < 1.29 is 9.53 Å². The zero-order valence-electron chi connectivity index (χ0n) is 14.9. The molecule has 0 unspecified atom stereocenters. The number of nitrogens with one attached hydrogen (secondary N) is 2. The van der Waals surface area contributed by atoms with E-state index in [-0.39, 0.29) is 0 Å². The Morgan fingerprint density at radius 3 is 2.52 bits per heavy atom. The topological polar surface area (TPSA) is 99.9 Å². The summed E-state index contributed by atoms with van der Waals surface area (Å²) in [7, 11) is 1.34. The van der Waals surface area contributed by atoms with E-state index in [0.717, 1.165) is 11.4 Å². The van der Waals surface area contributed by atoms with E-state index in [9.17, 15) is 10.1 Å². The Labute approximate surface area is 156 Å². The molecular formula is C20H17N5O2. The van der Waals surface area contributed by atoms with E-state index in [1.807, 2.05) is 19.1 Å². The molecule has 1 heterocycles. The number of anilines is 4. The number of nitrogens with zero attached hydrogens (tertiary/aromatic N) is 3. The zero-order valence-corrected chi connectivity index (χ0v) is 14.9. The number of carbonyl (C=O) groups is 1. The van der Waals surface area contributed by atoms with Crippen molar-refractivity contribution in [1.29, 1.82) is 5.26 Å². The van der Waals surface area contributed by atoms with E-state index < -0.39 is 5.97 Å². The molecule has 7 heteroatoms. The van der Waals surface area contributed by atoms with Crippen LogP contribution < -0.4 is 10.6 Å². The van der Waals surface area contributed by atoms with Gasteiger partial charge in [0.15, 0.2) is 0 Å². The summed E-state index contributed by atoms with van der Waals surface area (Å²) in [5.41, 5.74) is 3.16. The second-order valence-electron chi connectivity index (χ2n) is 5.69. The highest BCUT2D eigenvalue weighted by Gasteiger charge is 2.08. The molecule has 1 aromatic heterocycles. The van der Waals surface area contributed by atoms with Crippen molar-refractivity contribution in [2.24, 2.45) is 0 Å². The van der Waals surface area contributed by atoms with Gasteiger partial charge in [0.1, 0.15) is 11.9 Å². The molecule has 0 radical (unpaired) electrons. The number of hydrogen-bond donors (Lipinski definition) is 2. The van der Waals surface area contributed by atoms with Crippen molar-refractivity contribution in [1.82, 2.24) is 9.97 Å². The lowest BCUT2D eigenvalue weighted by Gasteiger charge is -2.11. The average Bonchev–Trinajstić information content (AvgIpc) is 2.68. The molecular weight excluding hydrogens is 342 g/mol. The molecule has 0 saturated heterocycles. The molecule has 0 amide bonds. The molecule has 134 valence electrons. The Balaban J connectivity index is 1.81. The smallest absolute Gasteiger partial charge is 0.337 e. The van der Waals surface area contributed by atoms with Crippen LogP contribution in [0, 0.1) is 18.3 Å². The number of aryl methyl sites for hydroxylation is 1. The van der Waals surface area contributed by atoms with Crippen LogP contribution in [0.15, 0.2) is 54.6 Å². The number of benzene rings is 2. The van der Waals surface area contributed by atoms with Gasteiger partial charge in [0.05, 0.1) is 23.9 Å². The maximum absolute atomic E-state index is 11.5. The predicted octanol–water partition coefficient (Wildman–Crippen LogP) is 3.93. The van der Waals surface area contributed by atoms with Gasteiger partial charge in [-0.15, -0.1) is 0 Å². The molecule has 0 aliphatic heterocycles. The van der Waals surface area contributed by atoms with Crippen molar-refractivity contribution in [3.8, 4) is 6.07 Å². The normalized spacial score (nSPS) is 9.96. The standard InChI is InChI=1S/C20H17N5O2/c1-13-11-18(24-17-6-4-3-5-15(17)12-21)25-20(22-13)23-16-9-7-14(8-10-16)19(26)27-2/h3-11H,1-2H3,(H2,22,23,24,25). The summed E-state index contributed by atoms with van der Waals surface area (Å²) >= 11 is 0. The van der Waals surface area contributed by atoms with Gasteiger partial charge in [-0.2, -0.15) is 10.2 Å². The lowest BCUT2D eigenvalue weighted by atomic mass is 10.2. The highest BCUT2D eigenvalue weighted by molar-refractivity contribution is 5.89. The Morgan fingerprint density at radius 1 is 1.07 bits per heavy atom. The summed E-state index contributed by atoms with van der Waals surface area (Å²) in [6.07, 6.45) is 0. The Morgan fingerprint density at radius 2 is 1.81 bits per heavy atom. The number of aromatic nitrogens is 2. The van der Waals surface area contributed by atoms with Crippen LogP contribution in [0.4, 0.5) is 23.1 Å². The molecule has 27 heavy (non-hydrogen) atoms. The highest BCUT2D eigenvalue weighted by atomic mass is 16.5. The average molecular weight is 359 g/mol. The fraction of sp³-hybridized carbons (Fsp3) is 0.100. The van der Waals surface area contributed by atoms with Crippen molar-refractivity contribution >= 4 is 29.1 Å². The van der Waals surface area contributed by atoms with Crippen LogP contribution in [0.1, 0.15) is 21.6 Å². The molecule has 0 spiro atoms. The summed E-state index contributed by atoms with van der Waals surface area (Å²) in [6.45, 7) is 1.86. The van der Waals surface area contributed by atoms with Crippen LogP contribution in [0.5, 0.6) is 0 Å². The Bertz CT molecular complexity index is 1010. The van der Waals surface area contributed by atoms with E-state index in [1.165, 1.54) is 7.11 Å². The molecule has 0 bridgehead atoms. The SMILES string of the molecule is COC(=O)c1ccc(Nc2nc(C)cc(Nc3ccccc3C#N)n2)cc1. The molecule has 0 aliphatic carbocycles. The number of hydrogen-bond acceptors (Lipinski definition) is 7. The lowest BCUT2D eigenvalue weighted by molar-refractivity contribution is 0.0601. The van der Waals surface area contributed by atoms with Crippen LogP contribution in [0.2, 0.25) is 0 Å². The molecule has 3 aromatic rings. The molecule has 2 aromatic carbocycles. The van der Waals surface area contributed by atoms with Gasteiger partial charge >= 0.3 is 5.97 Å². The largest absolute Gasteiger partial charge is 0.465 e. The maximum atomic E-state index is 11.5. The number of esters is 1. The van der Waals surface area contributed by atoms with Gasteiger partial charge in [0.25, 0.3) is 0 Å². The molecule has 0 fully saturated rings. The van der Waals surface area contributed by atoms with Crippen LogP contribution in [0.3, 0.4) is 0 Å². The fourth-order valence-corrected chi connectivity index (χ4v) is 2.45. The van der Waals surface area contributed by atoms with Gasteiger partial charge in [-0.05, 0) is 43.3 Å². The van der Waals surface area contributed by atoms with Crippen molar-refractivity contribution in [3.63, 3.8) is 0 Å². The highest BCUT2D eigenvalue weighted by Crippen LogP contribution is 2.21. The third-order valence-electron chi connectivity index (χ3n) is 3.73. The monoisotopic (exact) mass is 359 g/mol. The molecule has 0 aliphatic rings. The quantitative estimate of drug-likeness (QED) is 0.666. The van der Waals surface area contributed by atoms with Crippen molar-refractivity contribution in [2.45, 2.75) is 6.92 Å². The molecule has 7 nitrogen and oxygen atoms in total. The fourth-order valence-electron chi connectivity index (χ4n) is 2.45. The van der Waals surface area contributed by atoms with Crippen LogP contribution in [0.25, 0.3) is 0 Å². The second-order valence-corrected chi connectivity index (χ2v) is 5.69. The lowest BCUT2D eigenvalue weighted by Crippen LogP contribution is -2.04. The maximum Gasteiger partial charge on any atom is 0.337 e. The van der Waals surface area contributed by atoms with Gasteiger partial charge < -0.3 is 15.4 Å². The first-order valence-electron chi connectivity index (χ1n) is 8.16. The number of rotatable bonds is 5. The minimum atomic E-state index is -0.393. The van der Waals surface area contributed by atoms with Crippen LogP contribution in [-0.4, -0.2) is 23.0 Å². The Hall–Kier alpha value is -3.92. The molecule has 2 N–H and O–H groups in total. The van der Waals surface area contributed by atoms with Crippen LogP contribution >= 0.6 is 0 Å². The summed E-state index contributed by atoms with van der Waals surface area (Å²) in [6, 6.07) is 17.9. The minimum Gasteiger partial charge on any atom is -0.465 e. The zero-order chi connectivity index (χ0) is 19.2. The summed E-state index contributed by atoms with van der Waals surface area (Å²) in [5, 5.41) is 15.5. The van der Waals surface area contributed by atoms with E-state index in [4.69, 9.17) is 0 Å². The van der Waals surface area contributed by atoms with E-state index in [2.05, 4.69) is 31.4 Å². The number of para-hydroxylation sites is 1. The summed E-state index contributed by atoms with van der Waals surface area (Å²) < 4.78 is 4.69. The second kappa shape index (κ2) is 7.97. The van der Waals surface area contributed by atoms with E-state index in [0.29, 0.717) is 28.6 Å². The third kappa shape index (κ3) is 4.38. The number of ether oxygens (including phenoxy) is 1. The Kier molecular flexibility index (Phi) is 5.28. The van der Waals surface area contributed by atoms with Gasteiger partial charge in [0.2, 0.25) is 5.95 Å². The number of carbonyl (C=O) groups excluding carboxylic acids is 1. The van der Waals surface area contributed by atoms with Gasteiger partial charge in [-0.1, -0.05) is 12.1 Å². The first kappa shape index (κ1) is 17.9. The number of methoxy groups -OCH3 is 1. The van der Waals surface area contributed by atoms with Crippen molar-refractivity contribution in [2.75, 3.05) is 17.7 Å². The summed E-state index contributed by atoms with van der Waals surface area (Å²) in [5.74, 6) is 0.577. The predicted molar refractivity (Wildman–Crippen MR) is 102 cm³/mol.